The van der Waals surface area contributed by atoms with Gasteiger partial charge >= 0.3 is 0 Å². The molecule has 0 unspecified atom stereocenters. The molecule has 0 bridgehead atoms. The summed E-state index contributed by atoms with van der Waals surface area (Å²) in [6.07, 6.45) is 1.09. The second-order valence-electron chi connectivity index (χ2n) is 8.97. The molecule has 2 aromatic carbocycles. The number of hydrogen-bond donors (Lipinski definition) is 2. The van der Waals surface area contributed by atoms with Gasteiger partial charge in [0.05, 0.1) is 29.4 Å². The minimum atomic E-state index is -3.38. The lowest BCUT2D eigenvalue weighted by Gasteiger charge is -2.19. The van der Waals surface area contributed by atoms with E-state index >= 15 is 0 Å². The Morgan fingerprint density at radius 2 is 1.65 bits per heavy atom. The van der Waals surface area contributed by atoms with E-state index in [0.29, 0.717) is 22.6 Å². The first kappa shape index (κ1) is 22.7. The van der Waals surface area contributed by atoms with Crippen LogP contribution in [-0.4, -0.2) is 25.6 Å². The van der Waals surface area contributed by atoms with Gasteiger partial charge in [-0.3, -0.25) is 14.5 Å². The standard InChI is InChI=1S/C24H29N3O3S/c1-15(21-11-12-22(16(2)25-21)27-31(6,29)30)26-23(28)19-8-7-18-14-20(24(3,4)5)10-9-17(18)13-19/h7-15,27H,1-6H3,(H,26,28)/t15-/m1/s1. The van der Waals surface area contributed by atoms with Gasteiger partial charge in [0.2, 0.25) is 10.0 Å². The van der Waals surface area contributed by atoms with E-state index in [0.717, 1.165) is 17.0 Å². The van der Waals surface area contributed by atoms with E-state index in [1.807, 2.05) is 25.1 Å². The molecule has 0 aliphatic heterocycles. The summed E-state index contributed by atoms with van der Waals surface area (Å²) in [5, 5.41) is 5.08. The molecule has 1 atom stereocenters. The molecule has 7 heteroatoms. The average molecular weight is 440 g/mol. The maximum absolute atomic E-state index is 12.8. The van der Waals surface area contributed by atoms with E-state index in [1.165, 1.54) is 5.56 Å². The molecule has 6 nitrogen and oxygen atoms in total. The molecule has 0 saturated carbocycles. The molecule has 0 aliphatic carbocycles. The van der Waals surface area contributed by atoms with Gasteiger partial charge in [-0.2, -0.15) is 0 Å². The first-order valence-electron chi connectivity index (χ1n) is 10.1. The third-order valence-electron chi connectivity index (χ3n) is 5.16. The zero-order valence-corrected chi connectivity index (χ0v) is 19.6. The Balaban J connectivity index is 1.77. The molecular formula is C24H29N3O3S. The van der Waals surface area contributed by atoms with Crippen molar-refractivity contribution in [3.8, 4) is 0 Å². The lowest BCUT2D eigenvalue weighted by molar-refractivity contribution is 0.0939. The fourth-order valence-electron chi connectivity index (χ4n) is 3.34. The SMILES string of the molecule is Cc1nc([C@@H](C)NC(=O)c2ccc3cc(C(C)(C)C)ccc3c2)ccc1NS(C)(=O)=O. The Kier molecular flexibility index (Phi) is 6.09. The van der Waals surface area contributed by atoms with Crippen LogP contribution in [0.15, 0.2) is 48.5 Å². The molecule has 3 aromatic rings. The third-order valence-corrected chi connectivity index (χ3v) is 5.75. The van der Waals surface area contributed by atoms with Crippen molar-refractivity contribution in [2.45, 2.75) is 46.1 Å². The molecule has 164 valence electrons. The molecule has 0 saturated heterocycles. The van der Waals surface area contributed by atoms with Gasteiger partial charge in [0.25, 0.3) is 5.91 Å². The van der Waals surface area contributed by atoms with Crippen LogP contribution in [0.2, 0.25) is 0 Å². The number of pyridine rings is 1. The number of anilines is 1. The maximum atomic E-state index is 12.8. The maximum Gasteiger partial charge on any atom is 0.251 e. The molecule has 0 fully saturated rings. The summed E-state index contributed by atoms with van der Waals surface area (Å²) in [6.45, 7) is 10.1. The van der Waals surface area contributed by atoms with E-state index in [1.54, 1.807) is 19.1 Å². The highest BCUT2D eigenvalue weighted by atomic mass is 32.2. The van der Waals surface area contributed by atoms with Crippen molar-refractivity contribution in [1.29, 1.82) is 0 Å². The predicted molar refractivity (Wildman–Crippen MR) is 126 cm³/mol. The van der Waals surface area contributed by atoms with E-state index in [2.05, 4.69) is 54.0 Å². The van der Waals surface area contributed by atoms with E-state index in [-0.39, 0.29) is 17.4 Å². The minimum Gasteiger partial charge on any atom is -0.344 e. The molecule has 2 N–H and O–H groups in total. The van der Waals surface area contributed by atoms with E-state index < -0.39 is 10.0 Å². The fourth-order valence-corrected chi connectivity index (χ4v) is 3.95. The summed E-state index contributed by atoms with van der Waals surface area (Å²) < 4.78 is 25.3. The number of hydrogen-bond acceptors (Lipinski definition) is 4. The summed E-state index contributed by atoms with van der Waals surface area (Å²) in [7, 11) is -3.38. The lowest BCUT2D eigenvalue weighted by atomic mass is 9.86. The smallest absolute Gasteiger partial charge is 0.251 e. The fraction of sp³-hybridized carbons (Fsp3) is 0.333. The first-order chi connectivity index (χ1) is 14.3. The van der Waals surface area contributed by atoms with Crippen LogP contribution in [0.4, 0.5) is 5.69 Å². The van der Waals surface area contributed by atoms with Crippen LogP contribution in [0.3, 0.4) is 0 Å². The van der Waals surface area contributed by atoms with Crippen LogP contribution >= 0.6 is 0 Å². The summed E-state index contributed by atoms with van der Waals surface area (Å²) in [6, 6.07) is 15.0. The van der Waals surface area contributed by atoms with Crippen molar-refractivity contribution < 1.29 is 13.2 Å². The number of rotatable bonds is 5. The van der Waals surface area contributed by atoms with Gasteiger partial charge in [-0.05, 0) is 59.9 Å². The summed E-state index contributed by atoms with van der Waals surface area (Å²) in [5.74, 6) is -0.188. The van der Waals surface area contributed by atoms with Crippen molar-refractivity contribution in [2.75, 3.05) is 11.0 Å². The Labute approximate surface area is 184 Å². The van der Waals surface area contributed by atoms with Crippen molar-refractivity contribution in [3.05, 3.63) is 71.0 Å². The van der Waals surface area contributed by atoms with Crippen LogP contribution in [0.5, 0.6) is 0 Å². The van der Waals surface area contributed by atoms with Gasteiger partial charge < -0.3 is 5.32 Å². The highest BCUT2D eigenvalue weighted by Crippen LogP contribution is 2.27. The number of aryl methyl sites for hydroxylation is 1. The molecule has 0 aliphatic rings. The van der Waals surface area contributed by atoms with Gasteiger partial charge in [-0.25, -0.2) is 8.42 Å². The number of sulfonamides is 1. The Morgan fingerprint density at radius 3 is 2.26 bits per heavy atom. The quantitative estimate of drug-likeness (QED) is 0.603. The molecular weight excluding hydrogens is 410 g/mol. The zero-order valence-electron chi connectivity index (χ0n) is 18.8. The average Bonchev–Trinajstić information content (AvgIpc) is 2.66. The summed E-state index contributed by atoms with van der Waals surface area (Å²) in [5.41, 5.74) is 3.52. The van der Waals surface area contributed by atoms with Crippen LogP contribution in [0.1, 0.15) is 61.0 Å². The van der Waals surface area contributed by atoms with Gasteiger partial charge in [0, 0.05) is 5.56 Å². The number of fused-ring (bicyclic) bond motifs is 1. The zero-order chi connectivity index (χ0) is 23.0. The topological polar surface area (TPSA) is 88.2 Å². The highest BCUT2D eigenvalue weighted by molar-refractivity contribution is 7.92. The largest absolute Gasteiger partial charge is 0.344 e. The minimum absolute atomic E-state index is 0.0667. The van der Waals surface area contributed by atoms with Crippen molar-refractivity contribution in [1.82, 2.24) is 10.3 Å². The van der Waals surface area contributed by atoms with Crippen LogP contribution in [0, 0.1) is 6.92 Å². The van der Waals surface area contributed by atoms with Gasteiger partial charge in [0.15, 0.2) is 0 Å². The summed E-state index contributed by atoms with van der Waals surface area (Å²) in [4.78, 5) is 17.3. The highest BCUT2D eigenvalue weighted by Gasteiger charge is 2.16. The summed E-state index contributed by atoms with van der Waals surface area (Å²) >= 11 is 0. The molecule has 0 spiro atoms. The number of benzene rings is 2. The van der Waals surface area contributed by atoms with E-state index in [4.69, 9.17) is 0 Å². The number of carbonyl (C=O) groups is 1. The first-order valence-corrected chi connectivity index (χ1v) is 12.0. The number of carbonyl (C=O) groups excluding carboxylic acids is 1. The van der Waals surface area contributed by atoms with Gasteiger partial charge in [-0.15, -0.1) is 0 Å². The Morgan fingerprint density at radius 1 is 1.00 bits per heavy atom. The molecule has 1 amide bonds. The number of nitrogens with zero attached hydrogens (tertiary/aromatic N) is 1. The Hall–Kier alpha value is -2.93. The van der Waals surface area contributed by atoms with Crippen LogP contribution in [-0.2, 0) is 15.4 Å². The lowest BCUT2D eigenvalue weighted by Crippen LogP contribution is -2.27. The second kappa shape index (κ2) is 8.30. The normalized spacial score (nSPS) is 13.1. The Bertz CT molecular complexity index is 1240. The monoisotopic (exact) mass is 439 g/mol. The van der Waals surface area contributed by atoms with Crippen LogP contribution in [0.25, 0.3) is 10.8 Å². The van der Waals surface area contributed by atoms with Crippen molar-refractivity contribution >= 4 is 32.4 Å². The molecule has 3 rings (SSSR count). The number of amides is 1. The predicted octanol–water partition coefficient (Wildman–Crippen LogP) is 4.70. The van der Waals surface area contributed by atoms with Crippen LogP contribution < -0.4 is 10.0 Å². The van der Waals surface area contributed by atoms with Crippen molar-refractivity contribution in [2.24, 2.45) is 0 Å². The molecule has 1 heterocycles. The number of aromatic nitrogens is 1. The molecule has 31 heavy (non-hydrogen) atoms. The molecule has 0 radical (unpaired) electrons. The third kappa shape index (κ3) is 5.61. The van der Waals surface area contributed by atoms with Gasteiger partial charge in [-0.1, -0.05) is 45.0 Å². The molecule has 1 aromatic heterocycles. The van der Waals surface area contributed by atoms with E-state index in [9.17, 15) is 13.2 Å². The van der Waals surface area contributed by atoms with Crippen molar-refractivity contribution in [3.63, 3.8) is 0 Å². The van der Waals surface area contributed by atoms with Gasteiger partial charge in [0.1, 0.15) is 0 Å². The second-order valence-corrected chi connectivity index (χ2v) is 10.7. The number of nitrogens with one attached hydrogen (secondary N) is 2.